The molecule has 3 N–H and O–H groups in total. The quantitative estimate of drug-likeness (QED) is 0.822. The predicted octanol–water partition coefficient (Wildman–Crippen LogP) is 1.63. The van der Waals surface area contributed by atoms with E-state index in [1.165, 1.54) is 4.57 Å². The van der Waals surface area contributed by atoms with Gasteiger partial charge in [0, 0.05) is 23.2 Å². The van der Waals surface area contributed by atoms with Crippen LogP contribution in [0, 0.1) is 0 Å². The third-order valence-electron chi connectivity index (χ3n) is 2.51. The molecule has 0 bridgehead atoms. The van der Waals surface area contributed by atoms with Gasteiger partial charge in [-0.15, -0.1) is 0 Å². The molecule has 2 rings (SSSR count). The van der Waals surface area contributed by atoms with Gasteiger partial charge in [0.2, 0.25) is 0 Å². The van der Waals surface area contributed by atoms with Crippen LogP contribution in [0.1, 0.15) is 6.42 Å². The summed E-state index contributed by atoms with van der Waals surface area (Å²) >= 11 is 1.06. The van der Waals surface area contributed by atoms with Gasteiger partial charge in [-0.25, -0.2) is 0 Å². The zero-order chi connectivity index (χ0) is 13.1. The van der Waals surface area contributed by atoms with Crippen molar-refractivity contribution in [3.05, 3.63) is 39.3 Å². The summed E-state index contributed by atoms with van der Waals surface area (Å²) in [5, 5.41) is 10.4. The molecule has 0 unspecified atom stereocenters. The van der Waals surface area contributed by atoms with Gasteiger partial charge in [0.05, 0.1) is 12.1 Å². The fourth-order valence-electron chi connectivity index (χ4n) is 1.67. The summed E-state index contributed by atoms with van der Waals surface area (Å²) in [6, 6.07) is 7.16. The Hall–Kier alpha value is -2.08. The van der Waals surface area contributed by atoms with Crippen LogP contribution in [0.3, 0.4) is 0 Å². The Kier molecular flexibility index (Phi) is 3.47. The first-order valence-corrected chi connectivity index (χ1v) is 6.22. The van der Waals surface area contributed by atoms with Crippen LogP contribution < -0.4 is 10.6 Å². The van der Waals surface area contributed by atoms with Crippen LogP contribution in [0.2, 0.25) is 0 Å². The van der Waals surface area contributed by atoms with Crippen molar-refractivity contribution in [2.45, 2.75) is 13.0 Å². The van der Waals surface area contributed by atoms with Gasteiger partial charge < -0.3 is 10.8 Å². The minimum atomic E-state index is -0.924. The average Bonchev–Trinajstić information content (AvgIpc) is 2.68. The second-order valence-corrected chi connectivity index (χ2v) is 4.63. The minimum absolute atomic E-state index is 0.0774. The van der Waals surface area contributed by atoms with Crippen molar-refractivity contribution in [2.24, 2.45) is 0 Å². The summed E-state index contributed by atoms with van der Waals surface area (Å²) in [6.07, 6.45) is -0.0774. The van der Waals surface area contributed by atoms with Gasteiger partial charge in [-0.1, -0.05) is 23.5 Å². The molecule has 18 heavy (non-hydrogen) atoms. The van der Waals surface area contributed by atoms with Gasteiger partial charge in [-0.05, 0) is 12.1 Å². The topological polar surface area (TPSA) is 85.3 Å². The zero-order valence-electron chi connectivity index (χ0n) is 9.50. The number of aliphatic carboxylic acids is 1. The number of aromatic nitrogens is 1. The molecule has 0 aliphatic heterocycles. The molecule has 0 spiro atoms. The number of anilines is 1. The smallest absolute Gasteiger partial charge is 0.307 e. The Morgan fingerprint density at radius 3 is 2.89 bits per heavy atom. The molecule has 0 saturated carbocycles. The van der Waals surface area contributed by atoms with E-state index >= 15 is 0 Å². The van der Waals surface area contributed by atoms with Crippen molar-refractivity contribution >= 4 is 23.0 Å². The molecule has 94 valence electrons. The number of benzene rings is 1. The summed E-state index contributed by atoms with van der Waals surface area (Å²) in [5.41, 5.74) is 7.83. The van der Waals surface area contributed by atoms with E-state index in [9.17, 15) is 9.59 Å². The van der Waals surface area contributed by atoms with E-state index in [4.69, 9.17) is 10.8 Å². The highest BCUT2D eigenvalue weighted by Crippen LogP contribution is 2.22. The maximum atomic E-state index is 11.7. The van der Waals surface area contributed by atoms with E-state index in [1.54, 1.807) is 23.6 Å². The molecule has 1 aromatic heterocycles. The van der Waals surface area contributed by atoms with Crippen molar-refractivity contribution in [1.82, 2.24) is 4.57 Å². The normalized spacial score (nSPS) is 10.4. The lowest BCUT2D eigenvalue weighted by Gasteiger charge is -2.06. The van der Waals surface area contributed by atoms with Crippen LogP contribution >= 0.6 is 11.3 Å². The number of carbonyl (C=O) groups is 1. The molecule has 5 nitrogen and oxygen atoms in total. The Bertz CT molecular complexity index is 630. The number of carboxylic acid groups (broad SMARTS) is 1. The third-order valence-corrected chi connectivity index (χ3v) is 3.28. The lowest BCUT2D eigenvalue weighted by Crippen LogP contribution is -2.16. The van der Waals surface area contributed by atoms with Crippen LogP contribution in [0.25, 0.3) is 11.3 Å². The molecule has 1 heterocycles. The number of carboxylic acids is 1. The number of thiazole rings is 1. The van der Waals surface area contributed by atoms with E-state index in [2.05, 4.69) is 0 Å². The molecule has 0 aliphatic rings. The molecular formula is C12H12N2O3S. The molecule has 0 atom stereocenters. The highest BCUT2D eigenvalue weighted by molar-refractivity contribution is 7.07. The Morgan fingerprint density at radius 1 is 1.44 bits per heavy atom. The standard InChI is InChI=1S/C12H12N2O3S/c13-9-3-1-2-8(6-9)10-7-18-12(17)14(10)5-4-11(15)16/h1-3,6-7H,4-5,13H2,(H,15,16). The van der Waals surface area contributed by atoms with Gasteiger partial charge in [0.25, 0.3) is 0 Å². The van der Waals surface area contributed by atoms with E-state index in [-0.39, 0.29) is 17.8 Å². The molecular weight excluding hydrogens is 252 g/mol. The minimum Gasteiger partial charge on any atom is -0.481 e. The molecule has 0 saturated heterocycles. The number of hydrogen-bond acceptors (Lipinski definition) is 4. The summed E-state index contributed by atoms with van der Waals surface area (Å²) < 4.78 is 1.47. The van der Waals surface area contributed by atoms with E-state index in [1.807, 2.05) is 6.07 Å². The number of hydrogen-bond donors (Lipinski definition) is 2. The van der Waals surface area contributed by atoms with Crippen molar-refractivity contribution in [3.8, 4) is 11.3 Å². The third kappa shape index (κ3) is 2.60. The lowest BCUT2D eigenvalue weighted by molar-refractivity contribution is -0.137. The first-order chi connectivity index (χ1) is 8.58. The molecule has 1 aromatic carbocycles. The average molecular weight is 264 g/mol. The van der Waals surface area contributed by atoms with Crippen molar-refractivity contribution in [1.29, 1.82) is 0 Å². The molecule has 2 aromatic rings. The van der Waals surface area contributed by atoms with Gasteiger partial charge in [-0.3, -0.25) is 14.2 Å². The number of nitrogens with two attached hydrogens (primary N) is 1. The van der Waals surface area contributed by atoms with E-state index in [0.29, 0.717) is 11.4 Å². The second-order valence-electron chi connectivity index (χ2n) is 3.81. The molecule has 0 fully saturated rings. The molecule has 0 radical (unpaired) electrons. The van der Waals surface area contributed by atoms with Crippen LogP contribution in [-0.2, 0) is 11.3 Å². The first kappa shape index (κ1) is 12.4. The van der Waals surface area contributed by atoms with Crippen molar-refractivity contribution in [3.63, 3.8) is 0 Å². The van der Waals surface area contributed by atoms with Gasteiger partial charge >= 0.3 is 10.8 Å². The Labute approximate surface area is 107 Å². The van der Waals surface area contributed by atoms with E-state index < -0.39 is 5.97 Å². The zero-order valence-corrected chi connectivity index (χ0v) is 10.3. The fraction of sp³-hybridized carbons (Fsp3) is 0.167. The van der Waals surface area contributed by atoms with Crippen molar-refractivity contribution < 1.29 is 9.90 Å². The highest BCUT2D eigenvalue weighted by atomic mass is 32.1. The highest BCUT2D eigenvalue weighted by Gasteiger charge is 2.10. The summed E-state index contributed by atoms with van der Waals surface area (Å²) in [6.45, 7) is 0.168. The van der Waals surface area contributed by atoms with Crippen LogP contribution in [0.4, 0.5) is 5.69 Å². The monoisotopic (exact) mass is 264 g/mol. The predicted molar refractivity (Wildman–Crippen MR) is 70.7 cm³/mol. The summed E-state index contributed by atoms with van der Waals surface area (Å²) in [7, 11) is 0. The van der Waals surface area contributed by atoms with Crippen LogP contribution in [0.15, 0.2) is 34.4 Å². The van der Waals surface area contributed by atoms with E-state index in [0.717, 1.165) is 16.9 Å². The number of nitrogen functional groups attached to an aromatic ring is 1. The van der Waals surface area contributed by atoms with Crippen LogP contribution in [-0.4, -0.2) is 15.6 Å². The lowest BCUT2D eigenvalue weighted by atomic mass is 10.1. The molecule has 6 heteroatoms. The Morgan fingerprint density at radius 2 is 2.22 bits per heavy atom. The summed E-state index contributed by atoms with van der Waals surface area (Å²) in [5.74, 6) is -0.924. The maximum absolute atomic E-state index is 11.7. The summed E-state index contributed by atoms with van der Waals surface area (Å²) in [4.78, 5) is 22.1. The second kappa shape index (κ2) is 5.05. The Balaban J connectivity index is 2.39. The SMILES string of the molecule is Nc1cccc(-c2csc(=O)n2CCC(=O)O)c1. The molecule has 0 amide bonds. The number of rotatable bonds is 4. The van der Waals surface area contributed by atoms with Crippen LogP contribution in [0.5, 0.6) is 0 Å². The fourth-order valence-corrected chi connectivity index (χ4v) is 2.47. The van der Waals surface area contributed by atoms with Gasteiger partial charge in [0.15, 0.2) is 0 Å². The maximum Gasteiger partial charge on any atom is 0.307 e. The largest absolute Gasteiger partial charge is 0.481 e. The van der Waals surface area contributed by atoms with Crippen molar-refractivity contribution in [2.75, 3.05) is 5.73 Å². The van der Waals surface area contributed by atoms with Gasteiger partial charge in [-0.2, -0.15) is 0 Å². The molecule has 0 aliphatic carbocycles. The van der Waals surface area contributed by atoms with Gasteiger partial charge in [0.1, 0.15) is 0 Å². The number of nitrogens with zero attached hydrogens (tertiary/aromatic N) is 1. The first-order valence-electron chi connectivity index (χ1n) is 5.34.